The second kappa shape index (κ2) is 6.07. The van der Waals surface area contributed by atoms with Gasteiger partial charge in [-0.2, -0.15) is 0 Å². The Balaban J connectivity index is 2.01. The van der Waals surface area contributed by atoms with Crippen molar-refractivity contribution >= 4 is 5.91 Å². The lowest BCUT2D eigenvalue weighted by atomic mass is 9.82. The smallest absolute Gasteiger partial charge is 0.227 e. The highest BCUT2D eigenvalue weighted by molar-refractivity contribution is 5.84. The standard InChI is InChI=1S/C13H16N4O/c14-17-16-9-8-15-13(18)12-7-3-5-10-4-1-2-6-11(10)12/h1-2,4,6,12H,3,5,7-9H2,(H,15,18). The summed E-state index contributed by atoms with van der Waals surface area (Å²) in [5.41, 5.74) is 10.6. The Kier molecular flexibility index (Phi) is 4.20. The Bertz CT molecular complexity index is 480. The van der Waals surface area contributed by atoms with E-state index < -0.39 is 0 Å². The summed E-state index contributed by atoms with van der Waals surface area (Å²) in [6, 6.07) is 8.12. The van der Waals surface area contributed by atoms with Crippen LogP contribution < -0.4 is 5.32 Å². The minimum atomic E-state index is -0.0546. The van der Waals surface area contributed by atoms with Crippen LogP contribution in [0, 0.1) is 0 Å². The highest BCUT2D eigenvalue weighted by atomic mass is 16.1. The number of azide groups is 1. The monoisotopic (exact) mass is 244 g/mol. The number of rotatable bonds is 4. The predicted octanol–water partition coefficient (Wildman–Crippen LogP) is 2.53. The maximum atomic E-state index is 12.1. The highest BCUT2D eigenvalue weighted by Gasteiger charge is 2.25. The fourth-order valence-corrected chi connectivity index (χ4v) is 2.42. The molecule has 1 aliphatic carbocycles. The van der Waals surface area contributed by atoms with Crippen molar-refractivity contribution in [2.75, 3.05) is 13.1 Å². The maximum absolute atomic E-state index is 12.1. The van der Waals surface area contributed by atoms with Crippen LogP contribution in [0.4, 0.5) is 0 Å². The number of aryl methyl sites for hydroxylation is 1. The molecule has 0 radical (unpaired) electrons. The number of amides is 1. The zero-order chi connectivity index (χ0) is 12.8. The molecule has 0 bridgehead atoms. The van der Waals surface area contributed by atoms with Crippen molar-refractivity contribution in [1.29, 1.82) is 0 Å². The predicted molar refractivity (Wildman–Crippen MR) is 69.1 cm³/mol. The number of hydrogen-bond acceptors (Lipinski definition) is 2. The molecule has 1 aromatic carbocycles. The third-order valence-electron chi connectivity index (χ3n) is 3.26. The van der Waals surface area contributed by atoms with Crippen molar-refractivity contribution in [2.24, 2.45) is 5.11 Å². The van der Waals surface area contributed by atoms with Gasteiger partial charge in [0.1, 0.15) is 0 Å². The van der Waals surface area contributed by atoms with Crippen molar-refractivity contribution in [3.63, 3.8) is 0 Å². The lowest BCUT2D eigenvalue weighted by Crippen LogP contribution is -2.32. The van der Waals surface area contributed by atoms with Gasteiger partial charge in [-0.3, -0.25) is 4.79 Å². The minimum absolute atomic E-state index is 0.0373. The van der Waals surface area contributed by atoms with E-state index in [0.717, 1.165) is 24.8 Å². The fraction of sp³-hybridized carbons (Fsp3) is 0.462. The Hall–Kier alpha value is -2.00. The van der Waals surface area contributed by atoms with E-state index in [4.69, 9.17) is 5.53 Å². The van der Waals surface area contributed by atoms with Crippen LogP contribution in [0.5, 0.6) is 0 Å². The van der Waals surface area contributed by atoms with E-state index in [9.17, 15) is 4.79 Å². The zero-order valence-electron chi connectivity index (χ0n) is 10.2. The van der Waals surface area contributed by atoms with Crippen LogP contribution in [-0.4, -0.2) is 19.0 Å². The summed E-state index contributed by atoms with van der Waals surface area (Å²) >= 11 is 0. The Morgan fingerprint density at radius 3 is 3.17 bits per heavy atom. The van der Waals surface area contributed by atoms with Gasteiger partial charge in [0.05, 0.1) is 5.92 Å². The molecule has 1 amide bonds. The largest absolute Gasteiger partial charge is 0.355 e. The van der Waals surface area contributed by atoms with Gasteiger partial charge >= 0.3 is 0 Å². The molecule has 1 aromatic rings. The summed E-state index contributed by atoms with van der Waals surface area (Å²) in [6.07, 6.45) is 2.99. The Morgan fingerprint density at radius 2 is 2.33 bits per heavy atom. The van der Waals surface area contributed by atoms with Crippen molar-refractivity contribution in [3.05, 3.63) is 45.8 Å². The molecule has 0 saturated heterocycles. The first-order valence-electron chi connectivity index (χ1n) is 6.19. The first-order chi connectivity index (χ1) is 8.83. The summed E-state index contributed by atoms with van der Waals surface area (Å²) in [7, 11) is 0. The molecule has 1 unspecified atom stereocenters. The molecule has 1 aliphatic rings. The van der Waals surface area contributed by atoms with Gasteiger partial charge in [-0.15, -0.1) is 0 Å². The van der Waals surface area contributed by atoms with Gasteiger partial charge in [0.15, 0.2) is 0 Å². The highest BCUT2D eigenvalue weighted by Crippen LogP contribution is 2.31. The number of carbonyl (C=O) groups excluding carboxylic acids is 1. The molecule has 0 fully saturated rings. The summed E-state index contributed by atoms with van der Waals surface area (Å²) < 4.78 is 0. The number of benzene rings is 1. The molecule has 1 N–H and O–H groups in total. The van der Waals surface area contributed by atoms with Crippen molar-refractivity contribution in [3.8, 4) is 0 Å². The summed E-state index contributed by atoms with van der Waals surface area (Å²) in [4.78, 5) is 14.7. The van der Waals surface area contributed by atoms with Crippen LogP contribution in [0.1, 0.15) is 29.9 Å². The van der Waals surface area contributed by atoms with Crippen LogP contribution in [-0.2, 0) is 11.2 Å². The SMILES string of the molecule is [N-]=[N+]=NCCNC(=O)C1CCCc2ccccc21. The van der Waals surface area contributed by atoms with E-state index in [1.54, 1.807) is 0 Å². The zero-order valence-corrected chi connectivity index (χ0v) is 10.2. The number of fused-ring (bicyclic) bond motifs is 1. The number of carbonyl (C=O) groups is 1. The Morgan fingerprint density at radius 1 is 1.50 bits per heavy atom. The average Bonchev–Trinajstić information content (AvgIpc) is 2.43. The van der Waals surface area contributed by atoms with Crippen LogP contribution >= 0.6 is 0 Å². The van der Waals surface area contributed by atoms with Crippen LogP contribution in [0.25, 0.3) is 10.4 Å². The fourth-order valence-electron chi connectivity index (χ4n) is 2.42. The lowest BCUT2D eigenvalue weighted by Gasteiger charge is -2.24. The topological polar surface area (TPSA) is 77.9 Å². The van der Waals surface area contributed by atoms with E-state index in [-0.39, 0.29) is 11.8 Å². The van der Waals surface area contributed by atoms with Gasteiger partial charge in [-0.25, -0.2) is 0 Å². The second-order valence-electron chi connectivity index (χ2n) is 4.39. The third kappa shape index (κ3) is 2.81. The molecule has 94 valence electrons. The molecule has 5 nitrogen and oxygen atoms in total. The van der Waals surface area contributed by atoms with E-state index in [1.165, 1.54) is 5.56 Å². The number of nitrogens with zero attached hydrogens (tertiary/aromatic N) is 3. The van der Waals surface area contributed by atoms with Crippen molar-refractivity contribution in [2.45, 2.75) is 25.2 Å². The van der Waals surface area contributed by atoms with Gasteiger partial charge in [0.2, 0.25) is 5.91 Å². The number of nitrogens with one attached hydrogen (secondary N) is 1. The molecule has 0 saturated carbocycles. The van der Waals surface area contributed by atoms with E-state index in [1.807, 2.05) is 18.2 Å². The van der Waals surface area contributed by atoms with Crippen molar-refractivity contribution in [1.82, 2.24) is 5.32 Å². The van der Waals surface area contributed by atoms with Gasteiger partial charge in [0.25, 0.3) is 0 Å². The molecule has 0 spiro atoms. The molecule has 0 aromatic heterocycles. The van der Waals surface area contributed by atoms with Gasteiger partial charge in [0, 0.05) is 18.0 Å². The van der Waals surface area contributed by atoms with Crippen LogP contribution in [0.3, 0.4) is 0 Å². The molecule has 5 heteroatoms. The van der Waals surface area contributed by atoms with Gasteiger partial charge < -0.3 is 5.32 Å². The molecular weight excluding hydrogens is 228 g/mol. The molecule has 18 heavy (non-hydrogen) atoms. The summed E-state index contributed by atoms with van der Waals surface area (Å²) in [5, 5.41) is 6.22. The molecule has 0 aliphatic heterocycles. The first kappa shape index (κ1) is 12.5. The molecule has 1 atom stereocenters. The molecule has 0 heterocycles. The average molecular weight is 244 g/mol. The van der Waals surface area contributed by atoms with E-state index in [2.05, 4.69) is 21.4 Å². The van der Waals surface area contributed by atoms with E-state index in [0.29, 0.717) is 13.1 Å². The van der Waals surface area contributed by atoms with Gasteiger partial charge in [-0.1, -0.05) is 29.4 Å². The number of hydrogen-bond donors (Lipinski definition) is 1. The van der Waals surface area contributed by atoms with Crippen molar-refractivity contribution < 1.29 is 4.79 Å². The Labute approximate surface area is 106 Å². The quantitative estimate of drug-likeness (QED) is 0.375. The minimum Gasteiger partial charge on any atom is -0.355 e. The summed E-state index contributed by atoms with van der Waals surface area (Å²) in [6.45, 7) is 0.707. The molecular formula is C13H16N4O. The van der Waals surface area contributed by atoms with Crippen LogP contribution in [0.2, 0.25) is 0 Å². The normalized spacial score (nSPS) is 17.4. The first-order valence-corrected chi connectivity index (χ1v) is 6.19. The van der Waals surface area contributed by atoms with Gasteiger partial charge in [-0.05, 0) is 35.9 Å². The lowest BCUT2D eigenvalue weighted by molar-refractivity contribution is -0.122. The second-order valence-corrected chi connectivity index (χ2v) is 4.39. The third-order valence-corrected chi connectivity index (χ3v) is 3.26. The molecule has 2 rings (SSSR count). The van der Waals surface area contributed by atoms with E-state index >= 15 is 0 Å². The van der Waals surface area contributed by atoms with Crippen LogP contribution in [0.15, 0.2) is 29.4 Å². The summed E-state index contributed by atoms with van der Waals surface area (Å²) in [5.74, 6) is -0.0173. The maximum Gasteiger partial charge on any atom is 0.227 e.